The zero-order valence-corrected chi connectivity index (χ0v) is 19.6. The highest BCUT2D eigenvalue weighted by molar-refractivity contribution is 7.10. The Bertz CT molecular complexity index is 823. The third kappa shape index (κ3) is 6.53. The molecule has 0 saturated carbocycles. The van der Waals surface area contributed by atoms with E-state index in [1.54, 1.807) is 18.4 Å². The molecule has 2 heterocycles. The van der Waals surface area contributed by atoms with E-state index in [-0.39, 0.29) is 25.1 Å². The molecule has 0 radical (unpaired) electrons. The van der Waals surface area contributed by atoms with Crippen molar-refractivity contribution in [2.24, 2.45) is 0 Å². The Morgan fingerprint density at radius 2 is 2.10 bits per heavy atom. The van der Waals surface area contributed by atoms with E-state index >= 15 is 0 Å². The molecule has 7 heteroatoms. The van der Waals surface area contributed by atoms with Gasteiger partial charge < -0.3 is 19.5 Å². The van der Waals surface area contributed by atoms with Crippen molar-refractivity contribution in [2.75, 3.05) is 46.5 Å². The Kier molecular flexibility index (Phi) is 8.90. The molecule has 0 fully saturated rings. The minimum atomic E-state index is -0.602. The minimum absolute atomic E-state index is 0.0763. The monoisotopic (exact) mass is 446 g/mol. The summed E-state index contributed by atoms with van der Waals surface area (Å²) in [7, 11) is 1.57. The lowest BCUT2D eigenvalue weighted by Crippen LogP contribution is -2.48. The molecule has 31 heavy (non-hydrogen) atoms. The number of rotatable bonds is 11. The van der Waals surface area contributed by atoms with E-state index in [4.69, 9.17) is 9.47 Å². The number of benzene rings is 1. The average molecular weight is 447 g/mol. The maximum atomic E-state index is 13.3. The van der Waals surface area contributed by atoms with Gasteiger partial charge in [0.25, 0.3) is 0 Å². The minimum Gasteiger partial charge on any atom is -0.491 e. The Morgan fingerprint density at radius 1 is 1.32 bits per heavy atom. The Balaban J connectivity index is 1.70. The van der Waals surface area contributed by atoms with E-state index in [1.165, 1.54) is 16.0 Å². The highest BCUT2D eigenvalue weighted by Crippen LogP contribution is 2.34. The molecule has 2 aromatic rings. The summed E-state index contributed by atoms with van der Waals surface area (Å²) in [6, 6.07) is 10.0. The van der Waals surface area contributed by atoms with Crippen LogP contribution in [-0.4, -0.2) is 73.4 Å². The lowest BCUT2D eigenvalue weighted by Gasteiger charge is -2.37. The number of aliphatic hydroxyl groups is 1. The fourth-order valence-electron chi connectivity index (χ4n) is 4.06. The van der Waals surface area contributed by atoms with Crippen LogP contribution in [0.2, 0.25) is 0 Å². The summed E-state index contributed by atoms with van der Waals surface area (Å²) >= 11 is 1.75. The predicted molar refractivity (Wildman–Crippen MR) is 124 cm³/mol. The van der Waals surface area contributed by atoms with Gasteiger partial charge in [-0.15, -0.1) is 11.3 Å². The van der Waals surface area contributed by atoms with Gasteiger partial charge in [-0.3, -0.25) is 9.69 Å². The average Bonchev–Trinajstić information content (AvgIpc) is 3.22. The van der Waals surface area contributed by atoms with Crippen LogP contribution in [0, 0.1) is 6.92 Å². The molecule has 6 nitrogen and oxygen atoms in total. The lowest BCUT2D eigenvalue weighted by molar-refractivity contribution is -0.136. The molecule has 0 spiro atoms. The van der Waals surface area contributed by atoms with Crippen LogP contribution in [0.25, 0.3) is 0 Å². The van der Waals surface area contributed by atoms with Crippen LogP contribution < -0.4 is 4.74 Å². The molecular weight excluding hydrogens is 412 g/mol. The van der Waals surface area contributed by atoms with E-state index in [1.807, 2.05) is 34.1 Å². The van der Waals surface area contributed by atoms with Gasteiger partial charge in [-0.05, 0) is 55.5 Å². The van der Waals surface area contributed by atoms with Gasteiger partial charge in [0.1, 0.15) is 12.4 Å². The van der Waals surface area contributed by atoms with Crippen molar-refractivity contribution in [1.29, 1.82) is 0 Å². The second-order valence-corrected chi connectivity index (χ2v) is 9.12. The quantitative estimate of drug-likeness (QED) is 0.574. The van der Waals surface area contributed by atoms with E-state index in [0.29, 0.717) is 19.7 Å². The second kappa shape index (κ2) is 11.6. The van der Waals surface area contributed by atoms with E-state index < -0.39 is 6.10 Å². The number of thiophene rings is 1. The number of methoxy groups -OCH3 is 1. The van der Waals surface area contributed by atoms with Crippen LogP contribution in [0.5, 0.6) is 5.75 Å². The fraction of sp³-hybridized carbons (Fsp3) is 0.542. The van der Waals surface area contributed by atoms with Gasteiger partial charge in [0.15, 0.2) is 0 Å². The van der Waals surface area contributed by atoms with Crippen LogP contribution in [-0.2, 0) is 16.0 Å². The van der Waals surface area contributed by atoms with Crippen molar-refractivity contribution < 1.29 is 19.4 Å². The lowest BCUT2D eigenvalue weighted by atomic mass is 10.0. The van der Waals surface area contributed by atoms with Crippen molar-refractivity contribution in [3.05, 3.63) is 51.7 Å². The number of aliphatic hydroxyl groups excluding tert-OH is 1. The molecule has 1 aliphatic rings. The number of carbonyl (C=O) groups excluding carboxylic acids is 1. The van der Waals surface area contributed by atoms with Gasteiger partial charge in [0, 0.05) is 25.1 Å². The zero-order valence-electron chi connectivity index (χ0n) is 18.8. The first kappa shape index (κ1) is 23.7. The molecule has 170 valence electrons. The second-order valence-electron chi connectivity index (χ2n) is 8.12. The molecule has 0 bridgehead atoms. The van der Waals surface area contributed by atoms with Crippen LogP contribution in [0.4, 0.5) is 0 Å². The van der Waals surface area contributed by atoms with Crippen LogP contribution in [0.15, 0.2) is 35.7 Å². The number of aryl methyl sites for hydroxylation is 1. The summed E-state index contributed by atoms with van der Waals surface area (Å²) in [4.78, 5) is 18.6. The molecule has 1 amide bonds. The Hall–Kier alpha value is -1.93. The third-order valence-electron chi connectivity index (χ3n) is 5.57. The molecule has 0 aliphatic carbocycles. The van der Waals surface area contributed by atoms with Crippen molar-refractivity contribution in [1.82, 2.24) is 9.80 Å². The fourth-order valence-corrected chi connectivity index (χ4v) is 4.99. The summed E-state index contributed by atoms with van der Waals surface area (Å²) < 4.78 is 11.1. The van der Waals surface area contributed by atoms with Crippen molar-refractivity contribution in [3.8, 4) is 5.75 Å². The van der Waals surface area contributed by atoms with Crippen molar-refractivity contribution >= 4 is 17.2 Å². The number of ether oxygens (including phenoxy) is 2. The highest BCUT2D eigenvalue weighted by atomic mass is 32.1. The smallest absolute Gasteiger partial charge is 0.237 e. The zero-order chi connectivity index (χ0) is 22.2. The van der Waals surface area contributed by atoms with E-state index in [0.717, 1.165) is 25.1 Å². The molecular formula is C24H34N2O4S. The molecule has 2 unspecified atom stereocenters. The van der Waals surface area contributed by atoms with E-state index in [2.05, 4.69) is 25.3 Å². The van der Waals surface area contributed by atoms with E-state index in [9.17, 15) is 9.90 Å². The van der Waals surface area contributed by atoms with Crippen LogP contribution in [0.1, 0.15) is 35.4 Å². The largest absolute Gasteiger partial charge is 0.491 e. The third-order valence-corrected chi connectivity index (χ3v) is 6.57. The summed E-state index contributed by atoms with van der Waals surface area (Å²) in [5.74, 6) is 0.892. The number of nitrogens with zero attached hydrogens (tertiary/aromatic N) is 2. The normalized spacial score (nSPS) is 16.9. The maximum absolute atomic E-state index is 13.3. The number of hydrogen-bond acceptors (Lipinski definition) is 6. The maximum Gasteiger partial charge on any atom is 0.237 e. The van der Waals surface area contributed by atoms with Crippen molar-refractivity contribution in [3.63, 3.8) is 0 Å². The molecule has 1 N–H and O–H groups in total. The van der Waals surface area contributed by atoms with Gasteiger partial charge in [0.05, 0.1) is 25.3 Å². The predicted octanol–water partition coefficient (Wildman–Crippen LogP) is 3.28. The van der Waals surface area contributed by atoms with Gasteiger partial charge in [0.2, 0.25) is 5.91 Å². The first-order chi connectivity index (χ1) is 15.0. The van der Waals surface area contributed by atoms with Crippen molar-refractivity contribution in [2.45, 2.75) is 38.8 Å². The van der Waals surface area contributed by atoms with Crippen LogP contribution in [0.3, 0.4) is 0 Å². The molecule has 3 rings (SSSR count). The molecule has 0 saturated heterocycles. The van der Waals surface area contributed by atoms with Gasteiger partial charge in [-0.1, -0.05) is 24.6 Å². The van der Waals surface area contributed by atoms with Crippen LogP contribution >= 0.6 is 11.3 Å². The summed E-state index contributed by atoms with van der Waals surface area (Å²) in [6.45, 7) is 6.99. The molecule has 1 aromatic heterocycles. The topological polar surface area (TPSA) is 62.2 Å². The summed E-state index contributed by atoms with van der Waals surface area (Å²) in [6.07, 6.45) is 1.19. The standard InChI is InChI=1S/C24H34N2O4S/c1-4-11-25(14-19(27)16-29-3)15-24(28)26-12-9-23-21(10-13-31-23)22(26)17-30-20-7-5-18(2)6-8-20/h5-8,10,13,19,22,27H,4,9,11-12,14-17H2,1-3H3. The van der Waals surface area contributed by atoms with Gasteiger partial charge in [-0.2, -0.15) is 0 Å². The number of fused-ring (bicyclic) bond motifs is 1. The first-order valence-electron chi connectivity index (χ1n) is 11.0. The Labute approximate surface area is 189 Å². The highest BCUT2D eigenvalue weighted by Gasteiger charge is 2.33. The number of carbonyl (C=O) groups is 1. The molecule has 2 atom stereocenters. The molecule has 1 aromatic carbocycles. The number of amides is 1. The number of hydrogen-bond donors (Lipinski definition) is 1. The molecule has 1 aliphatic heterocycles. The summed E-state index contributed by atoms with van der Waals surface area (Å²) in [5.41, 5.74) is 2.38. The van der Waals surface area contributed by atoms with Gasteiger partial charge in [-0.25, -0.2) is 0 Å². The Morgan fingerprint density at radius 3 is 2.81 bits per heavy atom. The van der Waals surface area contributed by atoms with Gasteiger partial charge >= 0.3 is 0 Å². The first-order valence-corrected chi connectivity index (χ1v) is 11.8. The SMILES string of the molecule is CCCN(CC(=O)N1CCc2sccc2C1COc1ccc(C)cc1)CC(O)COC. The summed E-state index contributed by atoms with van der Waals surface area (Å²) in [5, 5.41) is 12.2.